The molecule has 1 saturated heterocycles. The van der Waals surface area contributed by atoms with Gasteiger partial charge in [0.1, 0.15) is 17.5 Å². The largest absolute Gasteiger partial charge is 0.363 e. The summed E-state index contributed by atoms with van der Waals surface area (Å²) in [6.45, 7) is 1.06. The molecule has 1 atom stereocenters. The molecule has 27 heavy (non-hydrogen) atoms. The minimum absolute atomic E-state index is 0.0988. The highest BCUT2D eigenvalue weighted by Gasteiger charge is 2.31. The molecule has 1 aliphatic rings. The highest BCUT2D eigenvalue weighted by atomic mass is 16.5. The number of aromatic nitrogens is 1. The summed E-state index contributed by atoms with van der Waals surface area (Å²) in [4.78, 5) is 27.6. The van der Waals surface area contributed by atoms with E-state index in [1.165, 1.54) is 6.26 Å². The molecule has 0 aliphatic carbocycles. The highest BCUT2D eigenvalue weighted by molar-refractivity contribution is 6.01. The quantitative estimate of drug-likeness (QED) is 0.658. The Morgan fingerprint density at radius 1 is 1.00 bits per heavy atom. The van der Waals surface area contributed by atoms with Crippen LogP contribution in [-0.4, -0.2) is 34.8 Å². The van der Waals surface area contributed by atoms with Gasteiger partial charge in [-0.3, -0.25) is 9.59 Å². The third-order valence-electron chi connectivity index (χ3n) is 4.99. The summed E-state index contributed by atoms with van der Waals surface area (Å²) in [6.07, 6.45) is 3.00. The normalized spacial score (nSPS) is 16.9. The van der Waals surface area contributed by atoms with Crippen LogP contribution >= 0.6 is 0 Å². The van der Waals surface area contributed by atoms with Gasteiger partial charge in [-0.15, -0.1) is 0 Å². The summed E-state index contributed by atoms with van der Waals surface area (Å²) >= 11 is 0. The van der Waals surface area contributed by atoms with Gasteiger partial charge in [-0.2, -0.15) is 0 Å². The van der Waals surface area contributed by atoms with Gasteiger partial charge in [0, 0.05) is 30.1 Å². The first-order chi connectivity index (χ1) is 13.2. The summed E-state index contributed by atoms with van der Waals surface area (Å²) in [5.41, 5.74) is 2.52. The molecule has 3 aromatic rings. The van der Waals surface area contributed by atoms with Gasteiger partial charge in [0.15, 0.2) is 5.78 Å². The Kier molecular flexibility index (Phi) is 4.83. The Hall–Kier alpha value is -3.21. The van der Waals surface area contributed by atoms with Crippen LogP contribution < -0.4 is 0 Å². The number of carbonyl (C=O) groups excluding carboxylic acids is 2. The van der Waals surface area contributed by atoms with Crippen molar-refractivity contribution in [3.63, 3.8) is 0 Å². The Bertz CT molecular complexity index is 934. The zero-order chi connectivity index (χ0) is 18.6. The lowest BCUT2D eigenvalue weighted by atomic mass is 9.89. The van der Waals surface area contributed by atoms with Crippen molar-refractivity contribution in [2.75, 3.05) is 13.1 Å². The molecule has 4 rings (SSSR count). The lowest BCUT2D eigenvalue weighted by Crippen LogP contribution is -2.42. The minimum Gasteiger partial charge on any atom is -0.363 e. The van der Waals surface area contributed by atoms with Crippen molar-refractivity contribution in [1.82, 2.24) is 10.1 Å². The van der Waals surface area contributed by atoms with Crippen LogP contribution in [0.1, 0.15) is 33.6 Å². The molecule has 1 aromatic heterocycles. The molecular weight excluding hydrogens is 340 g/mol. The van der Waals surface area contributed by atoms with E-state index in [1.54, 1.807) is 4.90 Å². The lowest BCUT2D eigenvalue weighted by molar-refractivity contribution is 0.0637. The molecule has 5 heteroatoms. The maximum absolute atomic E-state index is 13.1. The number of rotatable bonds is 4. The van der Waals surface area contributed by atoms with E-state index < -0.39 is 0 Å². The van der Waals surface area contributed by atoms with E-state index in [-0.39, 0.29) is 17.6 Å². The van der Waals surface area contributed by atoms with Gasteiger partial charge in [-0.25, -0.2) is 0 Å². The second-order valence-electron chi connectivity index (χ2n) is 6.76. The van der Waals surface area contributed by atoms with E-state index in [0.29, 0.717) is 29.9 Å². The predicted molar refractivity (Wildman–Crippen MR) is 101 cm³/mol. The van der Waals surface area contributed by atoms with Gasteiger partial charge in [0.25, 0.3) is 5.91 Å². The summed E-state index contributed by atoms with van der Waals surface area (Å²) < 4.78 is 5.09. The van der Waals surface area contributed by atoms with Crippen LogP contribution in [-0.2, 0) is 0 Å². The number of piperidine rings is 1. The number of nitrogens with zero attached hydrogens (tertiary/aromatic N) is 2. The molecule has 5 nitrogen and oxygen atoms in total. The van der Waals surface area contributed by atoms with Crippen molar-refractivity contribution in [2.45, 2.75) is 12.8 Å². The number of Topliss-reactive ketones (excluding diaryl/α,β-unsaturated/α-hetero) is 1. The van der Waals surface area contributed by atoms with Crippen molar-refractivity contribution in [3.05, 3.63) is 78.1 Å². The molecule has 1 aliphatic heterocycles. The maximum atomic E-state index is 13.1. The molecule has 0 spiro atoms. The van der Waals surface area contributed by atoms with Gasteiger partial charge < -0.3 is 9.42 Å². The molecule has 1 amide bonds. The third kappa shape index (κ3) is 3.53. The fraction of sp³-hybridized carbons (Fsp3) is 0.227. The first-order valence-electron chi connectivity index (χ1n) is 9.12. The molecule has 0 bridgehead atoms. The van der Waals surface area contributed by atoms with E-state index in [1.807, 2.05) is 60.7 Å². The summed E-state index contributed by atoms with van der Waals surface area (Å²) in [5, 5.41) is 4.01. The molecule has 1 fully saturated rings. The molecular formula is C22H20N2O3. The van der Waals surface area contributed by atoms with Crippen molar-refractivity contribution in [3.8, 4) is 11.3 Å². The molecule has 0 unspecified atom stereocenters. The average Bonchev–Trinajstić information content (AvgIpc) is 3.24. The predicted octanol–water partition coefficient (Wildman–Crippen LogP) is 4.08. The molecule has 0 radical (unpaired) electrons. The number of amides is 1. The van der Waals surface area contributed by atoms with E-state index in [0.717, 1.165) is 18.4 Å². The summed E-state index contributed by atoms with van der Waals surface area (Å²) in [7, 11) is 0. The number of likely N-dealkylation sites (tertiary alicyclic amines) is 1. The first-order valence-corrected chi connectivity index (χ1v) is 9.12. The second kappa shape index (κ2) is 7.58. The van der Waals surface area contributed by atoms with Crippen LogP contribution in [0.25, 0.3) is 11.3 Å². The van der Waals surface area contributed by atoms with Gasteiger partial charge in [-0.1, -0.05) is 65.8 Å². The number of benzene rings is 2. The van der Waals surface area contributed by atoms with E-state index >= 15 is 0 Å². The highest BCUT2D eigenvalue weighted by Crippen LogP contribution is 2.26. The molecule has 0 N–H and O–H groups in total. The topological polar surface area (TPSA) is 63.4 Å². The third-order valence-corrected chi connectivity index (χ3v) is 4.99. The monoisotopic (exact) mass is 360 g/mol. The number of carbonyl (C=O) groups is 2. The standard InChI is InChI=1S/C22H20N2O3/c25-21(17-10-5-2-6-11-17)18-12-7-13-24(14-18)22(26)19-15-27-23-20(19)16-8-3-1-4-9-16/h1-6,8-11,15,18H,7,12-14H2/t18-/m1/s1. The molecule has 2 aromatic carbocycles. The molecule has 0 saturated carbocycles. The van der Waals surface area contributed by atoms with Gasteiger partial charge >= 0.3 is 0 Å². The van der Waals surface area contributed by atoms with Crippen LogP contribution in [0.2, 0.25) is 0 Å². The Balaban J connectivity index is 1.53. The number of ketones is 1. The van der Waals surface area contributed by atoms with Crippen LogP contribution in [0.5, 0.6) is 0 Å². The van der Waals surface area contributed by atoms with Crippen molar-refractivity contribution >= 4 is 11.7 Å². The maximum Gasteiger partial charge on any atom is 0.259 e. The average molecular weight is 360 g/mol. The van der Waals surface area contributed by atoms with E-state index in [4.69, 9.17) is 4.52 Å². The van der Waals surface area contributed by atoms with Crippen molar-refractivity contribution in [2.24, 2.45) is 5.92 Å². The summed E-state index contributed by atoms with van der Waals surface area (Å²) in [6, 6.07) is 18.8. The van der Waals surface area contributed by atoms with Crippen LogP contribution in [0.15, 0.2) is 71.4 Å². The SMILES string of the molecule is O=C(c1ccccc1)[C@@H]1CCCN(C(=O)c2conc2-c2ccccc2)C1. The second-order valence-corrected chi connectivity index (χ2v) is 6.76. The van der Waals surface area contributed by atoms with Crippen LogP contribution in [0.4, 0.5) is 0 Å². The smallest absolute Gasteiger partial charge is 0.259 e. The minimum atomic E-state index is -0.176. The zero-order valence-electron chi connectivity index (χ0n) is 14.9. The Morgan fingerprint density at radius 2 is 1.70 bits per heavy atom. The van der Waals surface area contributed by atoms with Crippen molar-refractivity contribution < 1.29 is 14.1 Å². The Morgan fingerprint density at radius 3 is 2.44 bits per heavy atom. The molecule has 2 heterocycles. The Labute approximate surface area is 157 Å². The first kappa shape index (κ1) is 17.2. The summed E-state index contributed by atoms with van der Waals surface area (Å²) in [5.74, 6) is -0.215. The molecule has 136 valence electrons. The van der Waals surface area contributed by atoms with E-state index in [2.05, 4.69) is 5.16 Å². The fourth-order valence-electron chi connectivity index (χ4n) is 3.58. The van der Waals surface area contributed by atoms with Gasteiger partial charge in [-0.05, 0) is 12.8 Å². The van der Waals surface area contributed by atoms with Gasteiger partial charge in [0.05, 0.1) is 0 Å². The number of hydrogen-bond acceptors (Lipinski definition) is 4. The van der Waals surface area contributed by atoms with Gasteiger partial charge in [0.2, 0.25) is 0 Å². The van der Waals surface area contributed by atoms with Crippen LogP contribution in [0.3, 0.4) is 0 Å². The van der Waals surface area contributed by atoms with E-state index in [9.17, 15) is 9.59 Å². The fourth-order valence-corrected chi connectivity index (χ4v) is 3.58. The zero-order valence-corrected chi connectivity index (χ0v) is 14.9. The van der Waals surface area contributed by atoms with Crippen molar-refractivity contribution in [1.29, 1.82) is 0 Å². The number of hydrogen-bond donors (Lipinski definition) is 0. The lowest BCUT2D eigenvalue weighted by Gasteiger charge is -2.32. The van der Waals surface area contributed by atoms with Crippen LogP contribution in [0, 0.1) is 5.92 Å².